The van der Waals surface area contributed by atoms with Crippen LogP contribution in [0.25, 0.3) is 0 Å². The number of ether oxygens (including phenoxy) is 1. The third-order valence-electron chi connectivity index (χ3n) is 5.46. The molecule has 1 heterocycles. The van der Waals surface area contributed by atoms with Gasteiger partial charge in [0.25, 0.3) is 10.1 Å². The molecule has 5 unspecified atom stereocenters. The zero-order valence-electron chi connectivity index (χ0n) is 12.3. The molecule has 3 fully saturated rings. The van der Waals surface area contributed by atoms with E-state index in [1.54, 1.807) is 24.3 Å². The van der Waals surface area contributed by atoms with Crippen LogP contribution in [0, 0.1) is 24.2 Å². The molecule has 2 saturated carbocycles. The maximum Gasteiger partial charge on any atom is 0.296 e. The average molecular weight is 308 g/mol. The second-order valence-corrected chi connectivity index (χ2v) is 8.67. The van der Waals surface area contributed by atoms with E-state index in [9.17, 15) is 8.42 Å². The van der Waals surface area contributed by atoms with Gasteiger partial charge in [0.1, 0.15) is 0 Å². The molecule has 114 valence electrons. The van der Waals surface area contributed by atoms with Gasteiger partial charge in [0.05, 0.1) is 23.7 Å². The molecule has 1 aromatic carbocycles. The Kier molecular flexibility index (Phi) is 2.82. The number of benzene rings is 1. The highest BCUT2D eigenvalue weighted by Crippen LogP contribution is 2.64. The maximum absolute atomic E-state index is 12.3. The number of hydrogen-bond acceptors (Lipinski definition) is 4. The molecule has 0 aromatic heterocycles. The minimum atomic E-state index is -3.66. The van der Waals surface area contributed by atoms with Crippen LogP contribution in [0.15, 0.2) is 29.2 Å². The van der Waals surface area contributed by atoms with Gasteiger partial charge in [-0.3, -0.25) is 4.18 Å². The first kappa shape index (κ1) is 13.7. The van der Waals surface area contributed by atoms with Gasteiger partial charge >= 0.3 is 0 Å². The number of aryl methyl sites for hydroxylation is 1. The lowest BCUT2D eigenvalue weighted by Gasteiger charge is -2.31. The first-order valence-corrected chi connectivity index (χ1v) is 8.91. The molecular weight excluding hydrogens is 288 g/mol. The van der Waals surface area contributed by atoms with Crippen LogP contribution in [-0.4, -0.2) is 27.2 Å². The lowest BCUT2D eigenvalue weighted by Crippen LogP contribution is -2.34. The number of hydrogen-bond donors (Lipinski definition) is 0. The van der Waals surface area contributed by atoms with E-state index in [-0.39, 0.29) is 16.9 Å². The van der Waals surface area contributed by atoms with Gasteiger partial charge in [0.15, 0.2) is 0 Å². The Balaban J connectivity index is 1.48. The molecule has 3 aliphatic rings. The van der Waals surface area contributed by atoms with Crippen LogP contribution in [0.3, 0.4) is 0 Å². The number of rotatable bonds is 4. The van der Waals surface area contributed by atoms with Crippen molar-refractivity contribution in [3.05, 3.63) is 29.8 Å². The molecule has 0 amide bonds. The SMILES string of the molecule is Cc1ccc(S(=O)(=O)OCC2(C)CC3CC2C2OC32)cc1. The monoisotopic (exact) mass is 308 g/mol. The number of fused-ring (bicyclic) bond motifs is 5. The Morgan fingerprint density at radius 2 is 2.00 bits per heavy atom. The summed E-state index contributed by atoms with van der Waals surface area (Å²) < 4.78 is 35.6. The maximum atomic E-state index is 12.3. The van der Waals surface area contributed by atoms with Crippen molar-refractivity contribution in [1.29, 1.82) is 0 Å². The van der Waals surface area contributed by atoms with E-state index in [2.05, 4.69) is 6.92 Å². The van der Waals surface area contributed by atoms with Crippen LogP contribution >= 0.6 is 0 Å². The standard InChI is InChI=1S/C16H20O4S/c1-10-3-5-12(6-4-10)21(17,18)19-9-16(2)8-11-7-13(16)15-14(11)20-15/h3-6,11,13-15H,7-9H2,1-2H3. The Hall–Kier alpha value is -0.910. The van der Waals surface area contributed by atoms with Crippen molar-refractivity contribution in [2.45, 2.75) is 43.8 Å². The van der Waals surface area contributed by atoms with Crippen LogP contribution in [0.4, 0.5) is 0 Å². The normalized spacial score (nSPS) is 40.3. The second-order valence-electron chi connectivity index (χ2n) is 7.06. The lowest BCUT2D eigenvalue weighted by atomic mass is 9.75. The van der Waals surface area contributed by atoms with Crippen molar-refractivity contribution in [2.75, 3.05) is 6.61 Å². The highest BCUT2D eigenvalue weighted by Gasteiger charge is 2.67. The van der Waals surface area contributed by atoms with Crippen LogP contribution in [0.2, 0.25) is 0 Å². The van der Waals surface area contributed by atoms with Crippen molar-refractivity contribution in [1.82, 2.24) is 0 Å². The Bertz CT molecular complexity index is 666. The van der Waals surface area contributed by atoms with Crippen LogP contribution in [-0.2, 0) is 19.0 Å². The third-order valence-corrected chi connectivity index (χ3v) is 6.73. The summed E-state index contributed by atoms with van der Waals surface area (Å²) in [5.41, 5.74) is 0.964. The second kappa shape index (κ2) is 4.31. The fraction of sp³-hybridized carbons (Fsp3) is 0.625. The molecule has 2 bridgehead atoms. The highest BCUT2D eigenvalue weighted by molar-refractivity contribution is 7.86. The van der Waals surface area contributed by atoms with Crippen molar-refractivity contribution < 1.29 is 17.3 Å². The third kappa shape index (κ3) is 2.14. The molecule has 4 rings (SSSR count). The fourth-order valence-corrected chi connectivity index (χ4v) is 5.25. The molecule has 21 heavy (non-hydrogen) atoms. The fourth-order valence-electron chi connectivity index (χ4n) is 4.22. The summed E-state index contributed by atoms with van der Waals surface area (Å²) in [7, 11) is -3.66. The van der Waals surface area contributed by atoms with Gasteiger partial charge in [0.2, 0.25) is 0 Å². The zero-order valence-corrected chi connectivity index (χ0v) is 13.1. The molecule has 0 N–H and O–H groups in total. The molecule has 1 aromatic rings. The van der Waals surface area contributed by atoms with E-state index >= 15 is 0 Å². The molecule has 4 nitrogen and oxygen atoms in total. The first-order valence-electron chi connectivity index (χ1n) is 7.51. The average Bonchev–Trinajstić information content (AvgIpc) is 3.08. The Morgan fingerprint density at radius 1 is 1.29 bits per heavy atom. The van der Waals surface area contributed by atoms with Gasteiger partial charge in [-0.2, -0.15) is 8.42 Å². The highest BCUT2D eigenvalue weighted by atomic mass is 32.2. The smallest absolute Gasteiger partial charge is 0.296 e. The summed E-state index contributed by atoms with van der Waals surface area (Å²) in [6.45, 7) is 4.33. The van der Waals surface area contributed by atoms with Crippen molar-refractivity contribution >= 4 is 10.1 Å². The van der Waals surface area contributed by atoms with Crippen molar-refractivity contribution in [2.24, 2.45) is 17.3 Å². The van der Waals surface area contributed by atoms with Crippen molar-refractivity contribution in [3.8, 4) is 0 Å². The molecule has 1 aliphatic heterocycles. The van der Waals surface area contributed by atoms with Gasteiger partial charge in [-0.05, 0) is 49.1 Å². The predicted octanol–water partition coefficient (Wildman–Crippen LogP) is 2.51. The number of epoxide rings is 1. The van der Waals surface area contributed by atoms with Crippen LogP contribution < -0.4 is 0 Å². The van der Waals surface area contributed by atoms with E-state index in [4.69, 9.17) is 8.92 Å². The van der Waals surface area contributed by atoms with Gasteiger partial charge in [0, 0.05) is 0 Å². The van der Waals surface area contributed by atoms with E-state index in [1.807, 2.05) is 6.92 Å². The summed E-state index contributed by atoms with van der Waals surface area (Å²) in [5, 5.41) is 0. The van der Waals surface area contributed by atoms with Gasteiger partial charge in [-0.1, -0.05) is 24.6 Å². The van der Waals surface area contributed by atoms with E-state index in [0.717, 1.165) is 12.0 Å². The van der Waals surface area contributed by atoms with Gasteiger partial charge in [-0.25, -0.2) is 0 Å². The largest absolute Gasteiger partial charge is 0.369 e. The van der Waals surface area contributed by atoms with E-state index in [1.165, 1.54) is 6.42 Å². The molecule has 5 atom stereocenters. The van der Waals surface area contributed by atoms with Crippen molar-refractivity contribution in [3.63, 3.8) is 0 Å². The van der Waals surface area contributed by atoms with Gasteiger partial charge < -0.3 is 4.74 Å². The summed E-state index contributed by atoms with van der Waals surface area (Å²) in [6.07, 6.45) is 3.00. The summed E-state index contributed by atoms with van der Waals surface area (Å²) in [5.74, 6) is 1.07. The molecule has 0 spiro atoms. The summed E-state index contributed by atoms with van der Waals surface area (Å²) in [4.78, 5) is 0.236. The molecule has 0 radical (unpaired) electrons. The molecule has 1 saturated heterocycles. The van der Waals surface area contributed by atoms with E-state index < -0.39 is 10.1 Å². The zero-order chi connectivity index (χ0) is 14.8. The Labute approximate surface area is 125 Å². The summed E-state index contributed by atoms with van der Waals surface area (Å²) in [6, 6.07) is 6.79. The topological polar surface area (TPSA) is 55.9 Å². The molecule has 2 aliphatic carbocycles. The Morgan fingerprint density at radius 3 is 2.62 bits per heavy atom. The molecular formula is C16H20O4S. The minimum Gasteiger partial charge on any atom is -0.369 e. The van der Waals surface area contributed by atoms with Crippen LogP contribution in [0.1, 0.15) is 25.3 Å². The van der Waals surface area contributed by atoms with Crippen LogP contribution in [0.5, 0.6) is 0 Å². The quantitative estimate of drug-likeness (QED) is 0.633. The van der Waals surface area contributed by atoms with Gasteiger partial charge in [-0.15, -0.1) is 0 Å². The molecule has 5 heteroatoms. The lowest BCUT2D eigenvalue weighted by molar-refractivity contribution is 0.102. The van der Waals surface area contributed by atoms with E-state index in [0.29, 0.717) is 24.0 Å². The predicted molar refractivity (Wildman–Crippen MR) is 77.3 cm³/mol. The summed E-state index contributed by atoms with van der Waals surface area (Å²) >= 11 is 0. The minimum absolute atomic E-state index is 0.0693. The first-order chi connectivity index (χ1) is 9.89.